The third-order valence-corrected chi connectivity index (χ3v) is 1.56. The van der Waals surface area contributed by atoms with E-state index in [9.17, 15) is 0 Å². The van der Waals surface area contributed by atoms with Gasteiger partial charge in [-0.1, -0.05) is 24.8 Å². The van der Waals surface area contributed by atoms with E-state index in [0.717, 1.165) is 0 Å². The summed E-state index contributed by atoms with van der Waals surface area (Å²) in [6, 6.07) is 0. The third-order valence-electron chi connectivity index (χ3n) is 1.56. The lowest BCUT2D eigenvalue weighted by molar-refractivity contribution is 1.10. The second-order valence-electron chi connectivity index (χ2n) is 2.45. The van der Waals surface area contributed by atoms with Crippen molar-refractivity contribution < 1.29 is 0 Å². The zero-order valence-corrected chi connectivity index (χ0v) is 8.09. The number of hydrogen-bond acceptors (Lipinski definition) is 1. The van der Waals surface area contributed by atoms with Crippen molar-refractivity contribution in [1.82, 2.24) is 5.32 Å². The summed E-state index contributed by atoms with van der Waals surface area (Å²) in [6.45, 7) is 7.74. The Morgan fingerprint density at radius 3 is 2.50 bits per heavy atom. The highest BCUT2D eigenvalue weighted by Crippen LogP contribution is 2.09. The van der Waals surface area contributed by atoms with E-state index in [1.807, 2.05) is 32.3 Å². The summed E-state index contributed by atoms with van der Waals surface area (Å²) in [4.78, 5) is 0. The van der Waals surface area contributed by atoms with Crippen LogP contribution in [0.5, 0.6) is 0 Å². The summed E-state index contributed by atoms with van der Waals surface area (Å²) in [6.07, 6.45) is 9.82. The highest BCUT2D eigenvalue weighted by Gasteiger charge is 1.90. The first-order chi connectivity index (χ1) is 5.76. The van der Waals surface area contributed by atoms with Crippen LogP contribution in [0.25, 0.3) is 0 Å². The molecule has 0 aromatic heterocycles. The van der Waals surface area contributed by atoms with Gasteiger partial charge in [-0.3, -0.25) is 0 Å². The van der Waals surface area contributed by atoms with E-state index in [4.69, 9.17) is 0 Å². The Morgan fingerprint density at radius 2 is 2.08 bits per heavy atom. The molecular weight excluding hydrogens is 146 g/mol. The van der Waals surface area contributed by atoms with Crippen LogP contribution in [0.3, 0.4) is 0 Å². The molecule has 12 heavy (non-hydrogen) atoms. The van der Waals surface area contributed by atoms with Crippen LogP contribution in [0, 0.1) is 0 Å². The Kier molecular flexibility index (Phi) is 5.80. The molecular formula is C11H17N. The normalized spacial score (nSPS) is 13.6. The maximum absolute atomic E-state index is 3.65. The van der Waals surface area contributed by atoms with Crippen LogP contribution in [0.4, 0.5) is 0 Å². The quantitative estimate of drug-likeness (QED) is 0.628. The smallest absolute Gasteiger partial charge is 0.00277 e. The van der Waals surface area contributed by atoms with Crippen molar-refractivity contribution in [2.45, 2.75) is 13.8 Å². The first-order valence-corrected chi connectivity index (χ1v) is 4.06. The van der Waals surface area contributed by atoms with Gasteiger partial charge < -0.3 is 5.32 Å². The summed E-state index contributed by atoms with van der Waals surface area (Å²) in [5.41, 5.74) is 2.43. The van der Waals surface area contributed by atoms with Gasteiger partial charge in [-0.2, -0.15) is 0 Å². The summed E-state index contributed by atoms with van der Waals surface area (Å²) >= 11 is 0. The molecule has 1 N–H and O–H groups in total. The van der Waals surface area contributed by atoms with Crippen LogP contribution in [0.1, 0.15) is 13.8 Å². The van der Waals surface area contributed by atoms with Crippen molar-refractivity contribution >= 4 is 0 Å². The van der Waals surface area contributed by atoms with Crippen molar-refractivity contribution in [3.05, 3.63) is 48.2 Å². The molecule has 0 aromatic carbocycles. The Bertz CT molecular complexity index is 219. The molecule has 0 bridgehead atoms. The van der Waals surface area contributed by atoms with Gasteiger partial charge in [0.15, 0.2) is 0 Å². The zero-order valence-electron chi connectivity index (χ0n) is 8.09. The van der Waals surface area contributed by atoms with Crippen LogP contribution < -0.4 is 5.32 Å². The van der Waals surface area contributed by atoms with E-state index in [1.54, 1.807) is 6.08 Å². The predicted octanol–water partition coefficient (Wildman–Crippen LogP) is 2.80. The van der Waals surface area contributed by atoms with Crippen LogP contribution >= 0.6 is 0 Å². The van der Waals surface area contributed by atoms with Crippen molar-refractivity contribution in [2.75, 3.05) is 7.05 Å². The molecule has 1 heteroatoms. The first-order valence-electron chi connectivity index (χ1n) is 4.06. The monoisotopic (exact) mass is 163 g/mol. The van der Waals surface area contributed by atoms with Gasteiger partial charge in [0.25, 0.3) is 0 Å². The molecule has 0 aliphatic heterocycles. The molecule has 66 valence electrons. The maximum Gasteiger partial charge on any atom is 0.00277 e. The highest BCUT2D eigenvalue weighted by molar-refractivity contribution is 5.39. The Balaban J connectivity index is 4.47. The number of hydrogen-bond donors (Lipinski definition) is 1. The lowest BCUT2D eigenvalue weighted by Gasteiger charge is -1.99. The fraction of sp³-hybridized carbons (Fsp3) is 0.273. The van der Waals surface area contributed by atoms with Crippen LogP contribution in [-0.4, -0.2) is 7.05 Å². The van der Waals surface area contributed by atoms with E-state index in [2.05, 4.69) is 24.9 Å². The minimum absolute atomic E-state index is 1.21. The molecule has 0 radical (unpaired) electrons. The lowest BCUT2D eigenvalue weighted by Crippen LogP contribution is -1.92. The largest absolute Gasteiger partial charge is 0.394 e. The zero-order chi connectivity index (χ0) is 9.40. The molecule has 0 aliphatic rings. The first kappa shape index (κ1) is 10.8. The molecule has 0 spiro atoms. The van der Waals surface area contributed by atoms with E-state index in [0.29, 0.717) is 0 Å². The fourth-order valence-corrected chi connectivity index (χ4v) is 0.901. The molecule has 0 aliphatic carbocycles. The molecule has 0 amide bonds. The van der Waals surface area contributed by atoms with E-state index >= 15 is 0 Å². The fourth-order valence-electron chi connectivity index (χ4n) is 0.901. The van der Waals surface area contributed by atoms with E-state index < -0.39 is 0 Å². The summed E-state index contributed by atoms with van der Waals surface area (Å²) in [7, 11) is 1.89. The van der Waals surface area contributed by atoms with Crippen LogP contribution in [-0.2, 0) is 0 Å². The summed E-state index contributed by atoms with van der Waals surface area (Å²) < 4.78 is 0. The predicted molar refractivity (Wildman–Crippen MR) is 55.9 cm³/mol. The van der Waals surface area contributed by atoms with Crippen molar-refractivity contribution in [1.29, 1.82) is 0 Å². The molecule has 0 heterocycles. The lowest BCUT2D eigenvalue weighted by atomic mass is 10.1. The van der Waals surface area contributed by atoms with Crippen LogP contribution in [0.15, 0.2) is 48.2 Å². The van der Waals surface area contributed by atoms with Gasteiger partial charge in [-0.15, -0.1) is 0 Å². The summed E-state index contributed by atoms with van der Waals surface area (Å²) in [5.74, 6) is 0. The van der Waals surface area contributed by atoms with E-state index in [-0.39, 0.29) is 0 Å². The standard InChI is InChI=1S/C11H17N/c1-5-7-10(3)11(6-2)8-9-12-4/h5-9,12H,1H2,2-4H3/b9-8-,10-7+,11-6+. The SMILES string of the molecule is C=C/C=C(C)/C(/C=C\NC)=C/C. The van der Waals surface area contributed by atoms with Gasteiger partial charge in [0.1, 0.15) is 0 Å². The number of rotatable bonds is 4. The molecule has 0 unspecified atom stereocenters. The maximum atomic E-state index is 3.65. The highest BCUT2D eigenvalue weighted by atomic mass is 14.8. The van der Waals surface area contributed by atoms with Crippen molar-refractivity contribution in [2.24, 2.45) is 0 Å². The molecule has 0 atom stereocenters. The Morgan fingerprint density at radius 1 is 1.42 bits per heavy atom. The van der Waals surface area contributed by atoms with E-state index in [1.165, 1.54) is 11.1 Å². The molecule has 0 rings (SSSR count). The molecule has 1 nitrogen and oxygen atoms in total. The van der Waals surface area contributed by atoms with Gasteiger partial charge in [0.05, 0.1) is 0 Å². The average molecular weight is 163 g/mol. The minimum Gasteiger partial charge on any atom is -0.394 e. The van der Waals surface area contributed by atoms with Crippen molar-refractivity contribution in [3.8, 4) is 0 Å². The molecule has 0 saturated carbocycles. The van der Waals surface area contributed by atoms with Gasteiger partial charge in [-0.25, -0.2) is 0 Å². The number of allylic oxidation sites excluding steroid dienone is 6. The molecule has 0 saturated heterocycles. The third kappa shape index (κ3) is 3.81. The molecule has 0 aromatic rings. The average Bonchev–Trinajstić information content (AvgIpc) is 2.06. The topological polar surface area (TPSA) is 12.0 Å². The Labute approximate surface area is 75.2 Å². The molecule has 0 fully saturated rings. The van der Waals surface area contributed by atoms with Gasteiger partial charge in [0, 0.05) is 7.05 Å². The van der Waals surface area contributed by atoms with Gasteiger partial charge in [0.2, 0.25) is 0 Å². The minimum atomic E-state index is 1.21. The Hall–Kier alpha value is -1.24. The van der Waals surface area contributed by atoms with Gasteiger partial charge >= 0.3 is 0 Å². The van der Waals surface area contributed by atoms with Crippen molar-refractivity contribution in [3.63, 3.8) is 0 Å². The van der Waals surface area contributed by atoms with Crippen LogP contribution in [0.2, 0.25) is 0 Å². The second kappa shape index (κ2) is 6.47. The van der Waals surface area contributed by atoms with Gasteiger partial charge in [-0.05, 0) is 37.3 Å². The summed E-state index contributed by atoms with van der Waals surface area (Å²) in [5, 5.41) is 2.96. The second-order valence-corrected chi connectivity index (χ2v) is 2.45. The number of nitrogens with one attached hydrogen (secondary N) is 1.